The number of likely N-dealkylation sites (N-methyl/N-ethyl adjacent to an activating group) is 1. The number of para-hydroxylation sites is 1. The van der Waals surface area contributed by atoms with Gasteiger partial charge in [0.05, 0.1) is 18.8 Å². The Bertz CT molecular complexity index is 839. The molecular formula is C25H38N4O3. The number of hydrogen-bond acceptors (Lipinski definition) is 5. The lowest BCUT2D eigenvalue weighted by atomic mass is 10.1. The SMILES string of the molecule is CCNC(=NCc1ccccc1OCCN(C)C)NCC(O)c1cccc(OC(C)C)c1. The van der Waals surface area contributed by atoms with Crippen molar-refractivity contribution < 1.29 is 14.6 Å². The first-order valence-corrected chi connectivity index (χ1v) is 11.2. The van der Waals surface area contributed by atoms with Gasteiger partial charge >= 0.3 is 0 Å². The summed E-state index contributed by atoms with van der Waals surface area (Å²) in [6, 6.07) is 15.5. The van der Waals surface area contributed by atoms with Crippen molar-refractivity contribution in [2.45, 2.75) is 39.5 Å². The Labute approximate surface area is 192 Å². The van der Waals surface area contributed by atoms with Crippen LogP contribution in [0, 0.1) is 0 Å². The van der Waals surface area contributed by atoms with Crippen molar-refractivity contribution in [3.05, 3.63) is 59.7 Å². The maximum Gasteiger partial charge on any atom is 0.191 e. The van der Waals surface area contributed by atoms with Gasteiger partial charge in [0.1, 0.15) is 18.1 Å². The van der Waals surface area contributed by atoms with E-state index in [0.717, 1.165) is 35.7 Å². The lowest BCUT2D eigenvalue weighted by Crippen LogP contribution is -2.39. The summed E-state index contributed by atoms with van der Waals surface area (Å²) in [5.41, 5.74) is 1.81. The standard InChI is InChI=1S/C25H38N4O3/c1-6-26-25(27-17-21-10-7-8-13-24(21)31-15-14-29(4)5)28-18-23(30)20-11-9-12-22(16-20)32-19(2)3/h7-13,16,19,23,30H,6,14-15,17-18H2,1-5H3,(H2,26,27,28). The molecule has 0 aliphatic rings. The zero-order chi connectivity index (χ0) is 23.3. The molecule has 1 atom stereocenters. The summed E-state index contributed by atoms with van der Waals surface area (Å²) in [5, 5.41) is 17.1. The lowest BCUT2D eigenvalue weighted by Gasteiger charge is -2.17. The first kappa shape index (κ1) is 25.5. The molecule has 32 heavy (non-hydrogen) atoms. The lowest BCUT2D eigenvalue weighted by molar-refractivity contribution is 0.179. The minimum atomic E-state index is -0.684. The van der Waals surface area contributed by atoms with E-state index in [1.54, 1.807) is 0 Å². The van der Waals surface area contributed by atoms with Crippen molar-refractivity contribution in [3.8, 4) is 11.5 Å². The molecule has 0 saturated carbocycles. The third-order valence-corrected chi connectivity index (χ3v) is 4.60. The molecule has 1 unspecified atom stereocenters. The fourth-order valence-corrected chi connectivity index (χ4v) is 3.00. The summed E-state index contributed by atoms with van der Waals surface area (Å²) in [6.07, 6.45) is -0.598. The molecule has 176 valence electrons. The predicted molar refractivity (Wildman–Crippen MR) is 130 cm³/mol. The number of benzene rings is 2. The van der Waals surface area contributed by atoms with Gasteiger partial charge in [0.15, 0.2) is 5.96 Å². The average molecular weight is 443 g/mol. The van der Waals surface area contributed by atoms with E-state index in [0.29, 0.717) is 25.7 Å². The summed E-state index contributed by atoms with van der Waals surface area (Å²) < 4.78 is 11.7. The number of hydrogen-bond donors (Lipinski definition) is 3. The minimum absolute atomic E-state index is 0.0859. The second kappa shape index (κ2) is 13.6. The van der Waals surface area contributed by atoms with Gasteiger partial charge in [-0.25, -0.2) is 4.99 Å². The molecule has 3 N–H and O–H groups in total. The first-order chi connectivity index (χ1) is 15.4. The van der Waals surface area contributed by atoms with E-state index >= 15 is 0 Å². The van der Waals surface area contributed by atoms with Crippen LogP contribution >= 0.6 is 0 Å². The largest absolute Gasteiger partial charge is 0.492 e. The number of aliphatic hydroxyl groups excluding tert-OH is 1. The molecule has 0 bridgehead atoms. The zero-order valence-corrected chi connectivity index (χ0v) is 20.0. The van der Waals surface area contributed by atoms with Crippen LogP contribution in [-0.2, 0) is 6.54 Å². The number of aliphatic hydroxyl groups is 1. The van der Waals surface area contributed by atoms with Crippen molar-refractivity contribution in [2.75, 3.05) is 40.3 Å². The van der Waals surface area contributed by atoms with Gasteiger partial charge in [-0.3, -0.25) is 0 Å². The summed E-state index contributed by atoms with van der Waals surface area (Å²) in [7, 11) is 4.05. The van der Waals surface area contributed by atoms with Gasteiger partial charge in [-0.2, -0.15) is 0 Å². The second-order valence-electron chi connectivity index (χ2n) is 8.09. The van der Waals surface area contributed by atoms with Crippen LogP contribution in [0.5, 0.6) is 11.5 Å². The van der Waals surface area contributed by atoms with Crippen LogP contribution in [0.15, 0.2) is 53.5 Å². The van der Waals surface area contributed by atoms with E-state index in [1.165, 1.54) is 0 Å². The Morgan fingerprint density at radius 3 is 2.59 bits per heavy atom. The predicted octanol–water partition coefficient (Wildman–Crippen LogP) is 3.20. The van der Waals surface area contributed by atoms with Crippen LogP contribution in [-0.4, -0.2) is 62.4 Å². The van der Waals surface area contributed by atoms with E-state index in [1.807, 2.05) is 83.4 Å². The van der Waals surface area contributed by atoms with Gasteiger partial charge in [0, 0.05) is 25.2 Å². The van der Waals surface area contributed by atoms with Gasteiger partial charge in [0.2, 0.25) is 0 Å². The monoisotopic (exact) mass is 442 g/mol. The van der Waals surface area contributed by atoms with E-state index in [2.05, 4.69) is 20.5 Å². The molecule has 2 aromatic carbocycles. The molecule has 0 aromatic heterocycles. The maximum atomic E-state index is 10.6. The Kier molecular flexibility index (Phi) is 10.8. The maximum absolute atomic E-state index is 10.6. The molecule has 0 aliphatic heterocycles. The Hall–Kier alpha value is -2.77. The third kappa shape index (κ3) is 9.16. The van der Waals surface area contributed by atoms with E-state index < -0.39 is 6.10 Å². The van der Waals surface area contributed by atoms with E-state index in [9.17, 15) is 5.11 Å². The van der Waals surface area contributed by atoms with Crippen LogP contribution in [0.2, 0.25) is 0 Å². The van der Waals surface area contributed by atoms with Gasteiger partial charge in [0.25, 0.3) is 0 Å². The molecule has 0 spiro atoms. The minimum Gasteiger partial charge on any atom is -0.492 e. The Morgan fingerprint density at radius 2 is 1.88 bits per heavy atom. The molecule has 7 nitrogen and oxygen atoms in total. The quantitative estimate of drug-likeness (QED) is 0.346. The first-order valence-electron chi connectivity index (χ1n) is 11.2. The molecule has 0 saturated heterocycles. The Morgan fingerprint density at radius 1 is 1.09 bits per heavy atom. The smallest absolute Gasteiger partial charge is 0.191 e. The molecule has 0 amide bonds. The number of guanidine groups is 1. The van der Waals surface area contributed by atoms with Crippen molar-refractivity contribution >= 4 is 5.96 Å². The van der Waals surface area contributed by atoms with Crippen molar-refractivity contribution in [2.24, 2.45) is 4.99 Å². The summed E-state index contributed by atoms with van der Waals surface area (Å²) >= 11 is 0. The molecule has 2 aromatic rings. The Balaban J connectivity index is 1.99. The summed E-state index contributed by atoms with van der Waals surface area (Å²) in [6.45, 7) is 8.98. The summed E-state index contributed by atoms with van der Waals surface area (Å²) in [5.74, 6) is 2.24. The normalized spacial score (nSPS) is 12.7. The highest BCUT2D eigenvalue weighted by atomic mass is 16.5. The molecule has 2 rings (SSSR count). The van der Waals surface area contributed by atoms with Crippen LogP contribution < -0.4 is 20.1 Å². The van der Waals surface area contributed by atoms with Gasteiger partial charge < -0.3 is 30.1 Å². The zero-order valence-electron chi connectivity index (χ0n) is 20.0. The molecule has 0 aliphatic carbocycles. The average Bonchev–Trinajstić information content (AvgIpc) is 2.75. The van der Waals surface area contributed by atoms with Crippen molar-refractivity contribution in [1.82, 2.24) is 15.5 Å². The highest BCUT2D eigenvalue weighted by Crippen LogP contribution is 2.20. The summed E-state index contributed by atoms with van der Waals surface area (Å²) in [4.78, 5) is 6.77. The number of ether oxygens (including phenoxy) is 2. The topological polar surface area (TPSA) is 78.4 Å². The number of rotatable bonds is 12. The van der Waals surface area contributed by atoms with Crippen LogP contribution in [0.25, 0.3) is 0 Å². The fraction of sp³-hybridized carbons (Fsp3) is 0.480. The molecule has 7 heteroatoms. The highest BCUT2D eigenvalue weighted by Gasteiger charge is 2.11. The number of aliphatic imine (C=N–C) groups is 1. The second-order valence-corrected chi connectivity index (χ2v) is 8.09. The molecule has 0 radical (unpaired) electrons. The van der Waals surface area contributed by atoms with Crippen LogP contribution in [0.1, 0.15) is 38.0 Å². The highest BCUT2D eigenvalue weighted by molar-refractivity contribution is 5.79. The fourth-order valence-electron chi connectivity index (χ4n) is 3.00. The van der Waals surface area contributed by atoms with E-state index in [-0.39, 0.29) is 6.10 Å². The van der Waals surface area contributed by atoms with Crippen molar-refractivity contribution in [1.29, 1.82) is 0 Å². The van der Waals surface area contributed by atoms with Crippen LogP contribution in [0.3, 0.4) is 0 Å². The van der Waals surface area contributed by atoms with Crippen LogP contribution in [0.4, 0.5) is 0 Å². The van der Waals surface area contributed by atoms with Crippen molar-refractivity contribution in [3.63, 3.8) is 0 Å². The number of nitrogens with zero attached hydrogens (tertiary/aromatic N) is 2. The van der Waals surface area contributed by atoms with Gasteiger partial charge in [-0.05, 0) is 58.6 Å². The van der Waals surface area contributed by atoms with Gasteiger partial charge in [-0.15, -0.1) is 0 Å². The van der Waals surface area contributed by atoms with E-state index in [4.69, 9.17) is 9.47 Å². The molecular weight excluding hydrogens is 404 g/mol. The number of nitrogens with one attached hydrogen (secondary N) is 2. The van der Waals surface area contributed by atoms with Gasteiger partial charge in [-0.1, -0.05) is 30.3 Å². The third-order valence-electron chi connectivity index (χ3n) is 4.60. The molecule has 0 fully saturated rings. The molecule has 0 heterocycles.